The van der Waals surface area contributed by atoms with Crippen molar-refractivity contribution in [2.24, 2.45) is 0 Å². The number of amides is 3. The first-order valence-corrected chi connectivity index (χ1v) is 13.3. The third-order valence-corrected chi connectivity index (χ3v) is 7.11. The van der Waals surface area contributed by atoms with Crippen molar-refractivity contribution in [3.63, 3.8) is 0 Å². The van der Waals surface area contributed by atoms with Gasteiger partial charge in [-0.25, -0.2) is 4.79 Å². The molecule has 7 nitrogen and oxygen atoms in total. The molecular weight excluding hydrogens is 496 g/mol. The highest BCUT2D eigenvalue weighted by molar-refractivity contribution is 7.09. The van der Waals surface area contributed by atoms with E-state index >= 15 is 0 Å². The van der Waals surface area contributed by atoms with Gasteiger partial charge in [-0.1, -0.05) is 48.0 Å². The van der Waals surface area contributed by atoms with Gasteiger partial charge in [-0.2, -0.15) is 0 Å². The van der Waals surface area contributed by atoms with E-state index in [9.17, 15) is 9.59 Å². The number of anilines is 1. The number of hydrogen-bond donors (Lipinski definition) is 1. The number of urea groups is 1. The smallest absolute Gasteiger partial charge is 0.322 e. The standard InChI is InChI=1S/C27H31ClN4O3S/c28-23-8-10-24(11-9-23)29-27(34)31(13-12-30-14-16-35-17-15-30)21-26(33)32(20-25-7-4-18-36-25)19-22-5-2-1-3-6-22/h1-11,18H,12-17,19-21H2,(H,29,34). The molecule has 190 valence electrons. The Morgan fingerprint density at radius 1 is 0.944 bits per heavy atom. The van der Waals surface area contributed by atoms with E-state index in [1.165, 1.54) is 0 Å². The van der Waals surface area contributed by atoms with Crippen molar-refractivity contribution in [3.05, 3.63) is 87.6 Å². The molecule has 9 heteroatoms. The Balaban J connectivity index is 1.47. The molecule has 1 aliphatic rings. The van der Waals surface area contributed by atoms with Crippen molar-refractivity contribution in [2.45, 2.75) is 13.1 Å². The number of nitrogens with zero attached hydrogens (tertiary/aromatic N) is 3. The third-order valence-electron chi connectivity index (χ3n) is 5.99. The van der Waals surface area contributed by atoms with Gasteiger partial charge in [0.1, 0.15) is 6.54 Å². The Kier molecular flexibility index (Phi) is 9.75. The minimum absolute atomic E-state index is 0.0119. The molecule has 1 fully saturated rings. The molecule has 0 radical (unpaired) electrons. The van der Waals surface area contributed by atoms with Gasteiger partial charge >= 0.3 is 6.03 Å². The van der Waals surface area contributed by atoms with Gasteiger partial charge in [0, 0.05) is 48.3 Å². The normalized spacial score (nSPS) is 13.8. The predicted molar refractivity (Wildman–Crippen MR) is 144 cm³/mol. The molecule has 3 aromatic rings. The van der Waals surface area contributed by atoms with Crippen LogP contribution in [0.3, 0.4) is 0 Å². The highest BCUT2D eigenvalue weighted by Gasteiger charge is 2.23. The number of benzene rings is 2. The molecule has 3 amide bonds. The monoisotopic (exact) mass is 526 g/mol. The molecule has 0 saturated carbocycles. The van der Waals surface area contributed by atoms with Gasteiger partial charge < -0.3 is 19.9 Å². The number of morpholine rings is 1. The summed E-state index contributed by atoms with van der Waals surface area (Å²) in [6, 6.07) is 20.6. The zero-order chi connectivity index (χ0) is 25.2. The second kappa shape index (κ2) is 13.4. The summed E-state index contributed by atoms with van der Waals surface area (Å²) in [4.78, 5) is 33.6. The molecule has 0 unspecified atom stereocenters. The number of halogens is 1. The van der Waals surface area contributed by atoms with Gasteiger partial charge in [-0.3, -0.25) is 9.69 Å². The number of carbonyl (C=O) groups excluding carboxylic acids is 2. The molecule has 1 aromatic heterocycles. The van der Waals surface area contributed by atoms with Crippen LogP contribution >= 0.6 is 22.9 Å². The lowest BCUT2D eigenvalue weighted by molar-refractivity contribution is -0.133. The first-order valence-electron chi connectivity index (χ1n) is 12.0. The number of hydrogen-bond acceptors (Lipinski definition) is 5. The quantitative estimate of drug-likeness (QED) is 0.412. The van der Waals surface area contributed by atoms with E-state index in [-0.39, 0.29) is 18.5 Å². The van der Waals surface area contributed by atoms with Gasteiger partial charge in [0.05, 0.1) is 19.8 Å². The van der Waals surface area contributed by atoms with Crippen LogP contribution in [-0.2, 0) is 22.6 Å². The lowest BCUT2D eigenvalue weighted by atomic mass is 10.2. The van der Waals surface area contributed by atoms with E-state index in [2.05, 4.69) is 10.2 Å². The summed E-state index contributed by atoms with van der Waals surface area (Å²) < 4.78 is 5.44. The second-order valence-electron chi connectivity index (χ2n) is 8.63. The lowest BCUT2D eigenvalue weighted by Crippen LogP contribution is -2.48. The van der Waals surface area contributed by atoms with Crippen LogP contribution in [0.15, 0.2) is 72.1 Å². The molecule has 0 atom stereocenters. The fourth-order valence-electron chi connectivity index (χ4n) is 3.97. The third kappa shape index (κ3) is 8.06. The maximum Gasteiger partial charge on any atom is 0.322 e. The first-order chi connectivity index (χ1) is 17.6. The first kappa shape index (κ1) is 26.2. The van der Waals surface area contributed by atoms with E-state index in [1.54, 1.807) is 40.5 Å². The fourth-order valence-corrected chi connectivity index (χ4v) is 4.81. The Morgan fingerprint density at radius 3 is 2.39 bits per heavy atom. The Bertz CT molecular complexity index is 1090. The average Bonchev–Trinajstić information content (AvgIpc) is 3.42. The summed E-state index contributed by atoms with van der Waals surface area (Å²) in [6.45, 7) is 5.08. The van der Waals surface area contributed by atoms with Crippen LogP contribution in [0.5, 0.6) is 0 Å². The topological polar surface area (TPSA) is 65.1 Å². The maximum atomic E-state index is 13.6. The van der Waals surface area contributed by atoms with Gasteiger partial charge in [-0.05, 0) is 41.3 Å². The SMILES string of the molecule is O=C(CN(CCN1CCOCC1)C(=O)Nc1ccc(Cl)cc1)N(Cc1ccccc1)Cc1cccs1. The summed E-state index contributed by atoms with van der Waals surface area (Å²) in [5.41, 5.74) is 1.68. The van der Waals surface area contributed by atoms with E-state index in [1.807, 2.05) is 52.7 Å². The molecule has 1 saturated heterocycles. The van der Waals surface area contributed by atoms with Gasteiger partial charge in [0.15, 0.2) is 0 Å². The second-order valence-corrected chi connectivity index (χ2v) is 10.1. The van der Waals surface area contributed by atoms with Gasteiger partial charge in [-0.15, -0.1) is 11.3 Å². The van der Waals surface area contributed by atoms with Crippen molar-refractivity contribution in [1.29, 1.82) is 0 Å². The van der Waals surface area contributed by atoms with E-state index in [0.717, 1.165) is 23.5 Å². The van der Waals surface area contributed by atoms with E-state index < -0.39 is 0 Å². The molecule has 0 bridgehead atoms. The molecule has 1 N–H and O–H groups in total. The molecule has 0 spiro atoms. The van der Waals surface area contributed by atoms with Crippen LogP contribution in [0, 0.1) is 0 Å². The van der Waals surface area contributed by atoms with Gasteiger partial charge in [0.25, 0.3) is 0 Å². The number of nitrogens with one attached hydrogen (secondary N) is 1. The van der Waals surface area contributed by atoms with Crippen LogP contribution < -0.4 is 5.32 Å². The molecule has 1 aliphatic heterocycles. The van der Waals surface area contributed by atoms with Crippen molar-refractivity contribution >= 4 is 40.6 Å². The zero-order valence-corrected chi connectivity index (χ0v) is 21.7. The van der Waals surface area contributed by atoms with E-state index in [4.69, 9.17) is 16.3 Å². The zero-order valence-electron chi connectivity index (χ0n) is 20.1. The summed E-state index contributed by atoms with van der Waals surface area (Å²) in [5, 5.41) is 5.52. The molecule has 4 rings (SSSR count). The summed E-state index contributed by atoms with van der Waals surface area (Å²) in [6.07, 6.45) is 0. The van der Waals surface area contributed by atoms with Crippen molar-refractivity contribution in [1.82, 2.24) is 14.7 Å². The minimum Gasteiger partial charge on any atom is -0.379 e. The highest BCUT2D eigenvalue weighted by atomic mass is 35.5. The Hall–Kier alpha value is -2.91. The highest BCUT2D eigenvalue weighted by Crippen LogP contribution is 2.17. The van der Waals surface area contributed by atoms with Gasteiger partial charge in [0.2, 0.25) is 5.91 Å². The van der Waals surface area contributed by atoms with E-state index in [0.29, 0.717) is 50.1 Å². The Morgan fingerprint density at radius 2 is 1.69 bits per heavy atom. The fraction of sp³-hybridized carbons (Fsp3) is 0.333. The molecule has 0 aliphatic carbocycles. The number of thiophene rings is 1. The molecule has 2 heterocycles. The molecule has 36 heavy (non-hydrogen) atoms. The maximum absolute atomic E-state index is 13.6. The van der Waals surface area contributed by atoms with Crippen molar-refractivity contribution < 1.29 is 14.3 Å². The number of rotatable bonds is 10. The lowest BCUT2D eigenvalue weighted by Gasteiger charge is -2.31. The summed E-state index contributed by atoms with van der Waals surface area (Å²) in [5.74, 6) is -0.0968. The van der Waals surface area contributed by atoms with Crippen LogP contribution in [0.2, 0.25) is 5.02 Å². The Labute approximate surface area is 221 Å². The summed E-state index contributed by atoms with van der Waals surface area (Å²) >= 11 is 7.61. The van der Waals surface area contributed by atoms with Crippen LogP contribution in [0.25, 0.3) is 0 Å². The van der Waals surface area contributed by atoms with Crippen molar-refractivity contribution in [3.8, 4) is 0 Å². The summed E-state index contributed by atoms with van der Waals surface area (Å²) in [7, 11) is 0. The molecular formula is C27H31ClN4O3S. The van der Waals surface area contributed by atoms with Crippen LogP contribution in [0.4, 0.5) is 10.5 Å². The largest absolute Gasteiger partial charge is 0.379 e. The van der Waals surface area contributed by atoms with Crippen LogP contribution in [-0.4, -0.2) is 72.6 Å². The number of ether oxygens (including phenoxy) is 1. The van der Waals surface area contributed by atoms with Crippen molar-refractivity contribution in [2.75, 3.05) is 51.3 Å². The molecule has 2 aromatic carbocycles. The minimum atomic E-state index is -0.310. The number of carbonyl (C=O) groups is 2. The predicted octanol–water partition coefficient (Wildman–Crippen LogP) is 4.80. The van der Waals surface area contributed by atoms with Crippen LogP contribution in [0.1, 0.15) is 10.4 Å². The average molecular weight is 527 g/mol.